The zero-order chi connectivity index (χ0) is 20.4. The van der Waals surface area contributed by atoms with Crippen molar-refractivity contribution >= 4 is 11.6 Å². The molecule has 2 heterocycles. The Balaban J connectivity index is 1.55. The maximum atomic E-state index is 12.8. The van der Waals surface area contributed by atoms with E-state index in [0.29, 0.717) is 17.2 Å². The smallest absolute Gasteiger partial charge is 0.345 e. The van der Waals surface area contributed by atoms with E-state index < -0.39 is 17.6 Å². The molecule has 0 bridgehead atoms. The standard InChI is InChI=1S/C20H14F3N5O/c21-20(22,23)15-8-4-7-14(11-15)19(29)24-12-18-26-25-17-10-9-16(27-28(17)18)13-5-2-1-3-6-13/h1-11H,12H2,(H,24,29). The highest BCUT2D eigenvalue weighted by Gasteiger charge is 2.30. The molecule has 9 heteroatoms. The predicted molar refractivity (Wildman–Crippen MR) is 98.8 cm³/mol. The molecule has 0 aliphatic carbocycles. The fourth-order valence-corrected chi connectivity index (χ4v) is 2.80. The van der Waals surface area contributed by atoms with Crippen LogP contribution in [0, 0.1) is 0 Å². The Kier molecular flexibility index (Phi) is 4.71. The van der Waals surface area contributed by atoms with E-state index in [4.69, 9.17) is 0 Å². The minimum Gasteiger partial charge on any atom is -0.345 e. The Bertz CT molecular complexity index is 1170. The van der Waals surface area contributed by atoms with Gasteiger partial charge in [-0.25, -0.2) is 0 Å². The van der Waals surface area contributed by atoms with Crippen molar-refractivity contribution in [3.63, 3.8) is 0 Å². The number of halogens is 3. The molecular weight excluding hydrogens is 383 g/mol. The summed E-state index contributed by atoms with van der Waals surface area (Å²) in [5, 5.41) is 15.1. The summed E-state index contributed by atoms with van der Waals surface area (Å²) in [5.74, 6) is -0.287. The van der Waals surface area contributed by atoms with Gasteiger partial charge in [-0.1, -0.05) is 36.4 Å². The number of alkyl halides is 3. The Labute approximate surface area is 163 Å². The minimum atomic E-state index is -4.52. The summed E-state index contributed by atoms with van der Waals surface area (Å²) >= 11 is 0. The number of nitrogens with zero attached hydrogens (tertiary/aromatic N) is 4. The maximum absolute atomic E-state index is 12.8. The third-order valence-electron chi connectivity index (χ3n) is 4.26. The number of carbonyl (C=O) groups excluding carboxylic acids is 1. The summed E-state index contributed by atoms with van der Waals surface area (Å²) in [4.78, 5) is 12.3. The Morgan fingerprint density at radius 3 is 2.52 bits per heavy atom. The van der Waals surface area contributed by atoms with Gasteiger partial charge in [0.05, 0.1) is 17.8 Å². The fourth-order valence-electron chi connectivity index (χ4n) is 2.80. The van der Waals surface area contributed by atoms with Gasteiger partial charge >= 0.3 is 6.18 Å². The molecule has 2 aromatic heterocycles. The second-order valence-corrected chi connectivity index (χ2v) is 6.23. The van der Waals surface area contributed by atoms with Gasteiger partial charge in [-0.2, -0.15) is 22.8 Å². The van der Waals surface area contributed by atoms with Crippen LogP contribution < -0.4 is 5.32 Å². The van der Waals surface area contributed by atoms with Crippen LogP contribution in [0.4, 0.5) is 13.2 Å². The van der Waals surface area contributed by atoms with Crippen molar-refractivity contribution in [1.29, 1.82) is 0 Å². The van der Waals surface area contributed by atoms with E-state index in [-0.39, 0.29) is 12.1 Å². The molecule has 29 heavy (non-hydrogen) atoms. The van der Waals surface area contributed by atoms with Gasteiger partial charge < -0.3 is 5.32 Å². The number of aromatic nitrogens is 4. The highest BCUT2D eigenvalue weighted by molar-refractivity contribution is 5.94. The zero-order valence-electron chi connectivity index (χ0n) is 14.9. The van der Waals surface area contributed by atoms with E-state index >= 15 is 0 Å². The summed E-state index contributed by atoms with van der Waals surface area (Å²) < 4.78 is 40.0. The number of benzene rings is 2. The Morgan fingerprint density at radius 2 is 1.76 bits per heavy atom. The highest BCUT2D eigenvalue weighted by Crippen LogP contribution is 2.29. The third kappa shape index (κ3) is 3.93. The van der Waals surface area contributed by atoms with Crippen LogP contribution in [0.5, 0.6) is 0 Å². The summed E-state index contributed by atoms with van der Waals surface area (Å²) in [5.41, 5.74) is 1.12. The Hall–Kier alpha value is -3.75. The number of hydrogen-bond acceptors (Lipinski definition) is 4. The molecule has 0 aliphatic rings. The molecule has 0 fully saturated rings. The highest BCUT2D eigenvalue weighted by atomic mass is 19.4. The van der Waals surface area contributed by atoms with Crippen LogP contribution in [-0.4, -0.2) is 25.7 Å². The summed E-state index contributed by atoms with van der Waals surface area (Å²) in [6.45, 7) is -0.0402. The Morgan fingerprint density at radius 1 is 0.966 bits per heavy atom. The predicted octanol–water partition coefficient (Wildman–Crippen LogP) is 3.74. The van der Waals surface area contributed by atoms with Crippen molar-refractivity contribution in [1.82, 2.24) is 25.1 Å². The van der Waals surface area contributed by atoms with Gasteiger partial charge in [0.25, 0.3) is 5.91 Å². The monoisotopic (exact) mass is 397 g/mol. The summed E-state index contributed by atoms with van der Waals surface area (Å²) in [7, 11) is 0. The first-order valence-corrected chi connectivity index (χ1v) is 8.64. The van der Waals surface area contributed by atoms with Gasteiger partial charge in [-0.3, -0.25) is 4.79 Å². The lowest BCUT2D eigenvalue weighted by Crippen LogP contribution is -2.24. The molecule has 4 rings (SSSR count). The van der Waals surface area contributed by atoms with Crippen LogP contribution in [0.25, 0.3) is 16.9 Å². The normalized spacial score (nSPS) is 11.6. The van der Waals surface area contributed by atoms with Crippen LogP contribution in [0.2, 0.25) is 0 Å². The van der Waals surface area contributed by atoms with Crippen molar-refractivity contribution < 1.29 is 18.0 Å². The van der Waals surface area contributed by atoms with Gasteiger partial charge in [-0.05, 0) is 30.3 Å². The molecule has 0 saturated heterocycles. The number of rotatable bonds is 4. The number of amides is 1. The van der Waals surface area contributed by atoms with Gasteiger partial charge in [0.1, 0.15) is 0 Å². The summed E-state index contributed by atoms with van der Waals surface area (Å²) in [6.07, 6.45) is -4.52. The number of hydrogen-bond donors (Lipinski definition) is 1. The van der Waals surface area contributed by atoms with E-state index in [1.165, 1.54) is 16.6 Å². The van der Waals surface area contributed by atoms with Gasteiger partial charge in [0.15, 0.2) is 11.5 Å². The van der Waals surface area contributed by atoms with Crippen molar-refractivity contribution in [2.75, 3.05) is 0 Å². The lowest BCUT2D eigenvalue weighted by molar-refractivity contribution is -0.137. The molecule has 1 N–H and O–H groups in total. The van der Waals surface area contributed by atoms with Crippen molar-refractivity contribution in [3.05, 3.63) is 83.7 Å². The molecule has 0 radical (unpaired) electrons. The second-order valence-electron chi connectivity index (χ2n) is 6.23. The first kappa shape index (κ1) is 18.6. The molecule has 6 nitrogen and oxygen atoms in total. The van der Waals surface area contributed by atoms with E-state index in [1.54, 1.807) is 6.07 Å². The summed E-state index contributed by atoms with van der Waals surface area (Å²) in [6, 6.07) is 17.3. The van der Waals surface area contributed by atoms with Crippen molar-refractivity contribution in [3.8, 4) is 11.3 Å². The van der Waals surface area contributed by atoms with E-state index in [9.17, 15) is 18.0 Å². The number of fused-ring (bicyclic) bond motifs is 1. The molecule has 0 unspecified atom stereocenters. The lowest BCUT2D eigenvalue weighted by atomic mass is 10.1. The first-order valence-electron chi connectivity index (χ1n) is 8.64. The molecule has 1 amide bonds. The lowest BCUT2D eigenvalue weighted by Gasteiger charge is -2.09. The van der Waals surface area contributed by atoms with Crippen LogP contribution in [0.3, 0.4) is 0 Å². The molecular formula is C20H14F3N5O. The third-order valence-corrected chi connectivity index (χ3v) is 4.26. The maximum Gasteiger partial charge on any atom is 0.416 e. The minimum absolute atomic E-state index is 0.0402. The van der Waals surface area contributed by atoms with Crippen LogP contribution >= 0.6 is 0 Å². The topological polar surface area (TPSA) is 72.2 Å². The van der Waals surface area contributed by atoms with Crippen molar-refractivity contribution in [2.45, 2.75) is 12.7 Å². The molecule has 146 valence electrons. The van der Waals surface area contributed by atoms with E-state index in [2.05, 4.69) is 20.6 Å². The quantitative estimate of drug-likeness (QED) is 0.570. The van der Waals surface area contributed by atoms with E-state index in [0.717, 1.165) is 17.7 Å². The molecule has 4 aromatic rings. The van der Waals surface area contributed by atoms with E-state index in [1.807, 2.05) is 36.4 Å². The van der Waals surface area contributed by atoms with Crippen LogP contribution in [-0.2, 0) is 12.7 Å². The number of carbonyl (C=O) groups is 1. The van der Waals surface area contributed by atoms with Gasteiger partial charge in [0, 0.05) is 11.1 Å². The molecule has 0 spiro atoms. The first-order chi connectivity index (χ1) is 13.9. The zero-order valence-corrected chi connectivity index (χ0v) is 14.9. The molecule has 0 atom stereocenters. The van der Waals surface area contributed by atoms with Gasteiger partial charge in [-0.15, -0.1) is 10.2 Å². The fraction of sp³-hybridized carbons (Fsp3) is 0.100. The van der Waals surface area contributed by atoms with Crippen molar-refractivity contribution in [2.24, 2.45) is 0 Å². The van der Waals surface area contributed by atoms with Crippen LogP contribution in [0.1, 0.15) is 21.7 Å². The molecule has 0 saturated carbocycles. The van der Waals surface area contributed by atoms with Gasteiger partial charge in [0.2, 0.25) is 0 Å². The average molecular weight is 397 g/mol. The molecule has 2 aromatic carbocycles. The second kappa shape index (κ2) is 7.34. The molecule has 0 aliphatic heterocycles. The largest absolute Gasteiger partial charge is 0.416 e. The number of nitrogens with one attached hydrogen (secondary N) is 1. The van der Waals surface area contributed by atoms with Crippen LogP contribution in [0.15, 0.2) is 66.7 Å². The SMILES string of the molecule is O=C(NCc1nnc2ccc(-c3ccccc3)nn12)c1cccc(C(F)(F)F)c1. The average Bonchev–Trinajstić information content (AvgIpc) is 3.14.